The number of likely N-dealkylation sites (tertiary alicyclic amines) is 1. The number of amides is 1. The molecule has 0 bridgehead atoms. The summed E-state index contributed by atoms with van der Waals surface area (Å²) in [6.45, 7) is 1.70. The first-order valence-electron chi connectivity index (χ1n) is 7.58. The van der Waals surface area contributed by atoms with Crippen molar-refractivity contribution in [3.05, 3.63) is 24.3 Å². The Bertz CT molecular complexity index is 487. The first-order chi connectivity index (χ1) is 10.6. The Morgan fingerprint density at radius 1 is 1.41 bits per heavy atom. The Balaban J connectivity index is 1.83. The Kier molecular flexibility index (Phi) is 6.03. The highest BCUT2D eigenvalue weighted by Gasteiger charge is 2.26. The maximum absolute atomic E-state index is 12.1. The highest BCUT2D eigenvalue weighted by Crippen LogP contribution is 2.21. The van der Waals surface area contributed by atoms with Gasteiger partial charge in [-0.15, -0.1) is 0 Å². The summed E-state index contributed by atoms with van der Waals surface area (Å²) in [5.41, 5.74) is 6.84. The van der Waals surface area contributed by atoms with E-state index in [1.165, 1.54) is 0 Å². The van der Waals surface area contributed by atoms with Gasteiger partial charge in [0.05, 0.1) is 13.7 Å². The molecular weight excluding hydrogens is 282 g/mol. The lowest BCUT2D eigenvalue weighted by atomic mass is 10.0. The summed E-state index contributed by atoms with van der Waals surface area (Å²) < 4.78 is 10.2. The largest absolute Gasteiger partial charge is 0.497 e. The molecule has 0 aromatic heterocycles. The van der Waals surface area contributed by atoms with Crippen LogP contribution in [0, 0.1) is 0 Å². The summed E-state index contributed by atoms with van der Waals surface area (Å²) in [5.74, 6) is 0.810. The summed E-state index contributed by atoms with van der Waals surface area (Å²) in [6.07, 6.45) is 1.81. The molecule has 1 amide bonds. The van der Waals surface area contributed by atoms with Gasteiger partial charge < -0.3 is 25.4 Å². The van der Waals surface area contributed by atoms with Crippen LogP contribution >= 0.6 is 0 Å². The summed E-state index contributed by atoms with van der Waals surface area (Å²) >= 11 is 0. The van der Waals surface area contributed by atoms with E-state index in [2.05, 4.69) is 5.32 Å². The summed E-state index contributed by atoms with van der Waals surface area (Å²) in [5, 5.41) is 3.50. The van der Waals surface area contributed by atoms with Crippen LogP contribution in [0.3, 0.4) is 0 Å². The monoisotopic (exact) mass is 307 g/mol. The number of methoxy groups -OCH3 is 2. The average molecular weight is 307 g/mol. The van der Waals surface area contributed by atoms with Gasteiger partial charge in [0, 0.05) is 38.0 Å². The molecule has 1 aromatic rings. The first kappa shape index (κ1) is 16.6. The second-order valence-electron chi connectivity index (χ2n) is 5.54. The Morgan fingerprint density at radius 3 is 2.77 bits per heavy atom. The number of carbonyl (C=O) groups excluding carboxylic acids is 1. The van der Waals surface area contributed by atoms with Crippen LogP contribution < -0.4 is 15.8 Å². The fourth-order valence-corrected chi connectivity index (χ4v) is 2.68. The van der Waals surface area contributed by atoms with Gasteiger partial charge in [0.15, 0.2) is 0 Å². The molecule has 1 atom stereocenters. The lowest BCUT2D eigenvalue weighted by Crippen LogP contribution is -2.50. The molecule has 0 radical (unpaired) electrons. The number of piperidine rings is 1. The van der Waals surface area contributed by atoms with E-state index >= 15 is 0 Å². The molecule has 3 N–H and O–H groups in total. The molecule has 1 saturated heterocycles. The van der Waals surface area contributed by atoms with E-state index < -0.39 is 6.04 Å². The second kappa shape index (κ2) is 8.00. The third-order valence-electron chi connectivity index (χ3n) is 3.91. The van der Waals surface area contributed by atoms with Crippen LogP contribution in [0.5, 0.6) is 5.75 Å². The molecule has 0 saturated carbocycles. The van der Waals surface area contributed by atoms with E-state index in [1.54, 1.807) is 14.2 Å². The van der Waals surface area contributed by atoms with Crippen molar-refractivity contribution in [2.45, 2.75) is 24.9 Å². The van der Waals surface area contributed by atoms with E-state index in [1.807, 2.05) is 29.2 Å². The third kappa shape index (κ3) is 4.35. The topological polar surface area (TPSA) is 76.8 Å². The van der Waals surface area contributed by atoms with Gasteiger partial charge in [0.25, 0.3) is 0 Å². The molecule has 1 aromatic carbocycles. The average Bonchev–Trinajstić information content (AvgIpc) is 2.55. The molecule has 1 unspecified atom stereocenters. The predicted octanol–water partition coefficient (Wildman–Crippen LogP) is 1.07. The van der Waals surface area contributed by atoms with Crippen LogP contribution in [0.4, 0.5) is 5.69 Å². The molecule has 122 valence electrons. The number of nitrogens with zero attached hydrogens (tertiary/aromatic N) is 1. The van der Waals surface area contributed by atoms with E-state index in [0.29, 0.717) is 6.04 Å². The molecule has 1 aliphatic heterocycles. The zero-order valence-corrected chi connectivity index (χ0v) is 13.2. The van der Waals surface area contributed by atoms with Gasteiger partial charge in [-0.25, -0.2) is 0 Å². The van der Waals surface area contributed by atoms with Crippen LogP contribution in [0.15, 0.2) is 24.3 Å². The van der Waals surface area contributed by atoms with Gasteiger partial charge in [-0.2, -0.15) is 0 Å². The Hall–Kier alpha value is -1.79. The van der Waals surface area contributed by atoms with Crippen molar-refractivity contribution in [1.82, 2.24) is 4.90 Å². The number of hydrogen-bond acceptors (Lipinski definition) is 5. The minimum atomic E-state index is -0.562. The molecule has 22 heavy (non-hydrogen) atoms. The number of carbonyl (C=O) groups is 1. The number of ether oxygens (including phenoxy) is 2. The SMILES string of the molecule is COCC(N)C(=O)N1CCC(Nc2cccc(OC)c2)CC1. The highest BCUT2D eigenvalue weighted by atomic mass is 16.5. The molecular formula is C16H25N3O3. The van der Waals surface area contributed by atoms with Gasteiger partial charge in [-0.1, -0.05) is 6.07 Å². The summed E-state index contributed by atoms with van der Waals surface area (Å²) in [4.78, 5) is 13.9. The minimum Gasteiger partial charge on any atom is -0.497 e. The Morgan fingerprint density at radius 2 is 2.14 bits per heavy atom. The molecule has 1 aliphatic rings. The smallest absolute Gasteiger partial charge is 0.241 e. The van der Waals surface area contributed by atoms with Crippen molar-refractivity contribution in [2.24, 2.45) is 5.73 Å². The molecule has 0 spiro atoms. The molecule has 6 nitrogen and oxygen atoms in total. The Labute approximate surface area is 131 Å². The van der Waals surface area contributed by atoms with E-state index in [0.717, 1.165) is 37.4 Å². The van der Waals surface area contributed by atoms with Crippen molar-refractivity contribution < 1.29 is 14.3 Å². The molecule has 1 heterocycles. The molecule has 2 rings (SSSR count). The van der Waals surface area contributed by atoms with Crippen molar-refractivity contribution in [3.8, 4) is 5.75 Å². The van der Waals surface area contributed by atoms with Crippen LogP contribution in [0.25, 0.3) is 0 Å². The molecule has 1 fully saturated rings. The molecule has 6 heteroatoms. The van der Waals surface area contributed by atoms with Gasteiger partial charge in [0.1, 0.15) is 11.8 Å². The van der Waals surface area contributed by atoms with E-state index in [-0.39, 0.29) is 12.5 Å². The number of nitrogens with one attached hydrogen (secondary N) is 1. The normalized spacial score (nSPS) is 17.1. The number of anilines is 1. The van der Waals surface area contributed by atoms with Crippen molar-refractivity contribution >= 4 is 11.6 Å². The summed E-state index contributed by atoms with van der Waals surface area (Å²) in [6, 6.07) is 7.68. The van der Waals surface area contributed by atoms with E-state index in [9.17, 15) is 4.79 Å². The molecule has 0 aliphatic carbocycles. The maximum Gasteiger partial charge on any atom is 0.241 e. The standard InChI is InChI=1S/C16H25N3O3/c1-21-11-15(17)16(20)19-8-6-12(7-9-19)18-13-4-3-5-14(10-13)22-2/h3-5,10,12,15,18H,6-9,11,17H2,1-2H3. The predicted molar refractivity (Wildman–Crippen MR) is 86.1 cm³/mol. The fourth-order valence-electron chi connectivity index (χ4n) is 2.68. The number of hydrogen-bond donors (Lipinski definition) is 2. The first-order valence-corrected chi connectivity index (χ1v) is 7.58. The number of benzene rings is 1. The minimum absolute atomic E-state index is 0.0262. The van der Waals surface area contributed by atoms with E-state index in [4.69, 9.17) is 15.2 Å². The van der Waals surface area contributed by atoms with Gasteiger partial charge in [0.2, 0.25) is 5.91 Å². The van der Waals surface area contributed by atoms with Crippen molar-refractivity contribution in [2.75, 3.05) is 39.2 Å². The highest BCUT2D eigenvalue weighted by molar-refractivity contribution is 5.81. The lowest BCUT2D eigenvalue weighted by molar-refractivity contribution is -0.134. The van der Waals surface area contributed by atoms with Crippen LogP contribution in [-0.4, -0.2) is 56.8 Å². The van der Waals surface area contributed by atoms with Gasteiger partial charge >= 0.3 is 0 Å². The van der Waals surface area contributed by atoms with Crippen LogP contribution in [0.1, 0.15) is 12.8 Å². The van der Waals surface area contributed by atoms with Crippen LogP contribution in [0.2, 0.25) is 0 Å². The number of nitrogens with two attached hydrogens (primary N) is 1. The quantitative estimate of drug-likeness (QED) is 0.822. The van der Waals surface area contributed by atoms with Crippen LogP contribution in [-0.2, 0) is 9.53 Å². The lowest BCUT2D eigenvalue weighted by Gasteiger charge is -2.34. The third-order valence-corrected chi connectivity index (χ3v) is 3.91. The van der Waals surface area contributed by atoms with Gasteiger partial charge in [-0.3, -0.25) is 4.79 Å². The zero-order valence-electron chi connectivity index (χ0n) is 13.2. The second-order valence-corrected chi connectivity index (χ2v) is 5.54. The fraction of sp³-hybridized carbons (Fsp3) is 0.562. The number of rotatable bonds is 6. The maximum atomic E-state index is 12.1. The van der Waals surface area contributed by atoms with Crippen molar-refractivity contribution in [1.29, 1.82) is 0 Å². The van der Waals surface area contributed by atoms with Gasteiger partial charge in [-0.05, 0) is 25.0 Å². The summed E-state index contributed by atoms with van der Waals surface area (Å²) in [7, 11) is 3.21. The zero-order chi connectivity index (χ0) is 15.9. The van der Waals surface area contributed by atoms with Crippen molar-refractivity contribution in [3.63, 3.8) is 0 Å².